The number of ether oxygens (including phenoxy) is 6. The van der Waals surface area contributed by atoms with Gasteiger partial charge in [0, 0.05) is 11.1 Å². The van der Waals surface area contributed by atoms with E-state index in [4.69, 9.17) is 37.5 Å². The molecule has 71 heavy (non-hydrogen) atoms. The molecule has 8 aromatic rings. The zero-order chi connectivity index (χ0) is 49.7. The van der Waals surface area contributed by atoms with E-state index in [1.807, 2.05) is 12.1 Å². The Hall–Kier alpha value is -8.79. The first-order chi connectivity index (χ1) is 34.5. The predicted octanol–water partition coefficient (Wildman–Crippen LogP) is 14.0. The lowest BCUT2D eigenvalue weighted by Gasteiger charge is -2.49. The molecule has 8 aromatic carbocycles. The monoisotopic (exact) mass is 964 g/mol. The SMILES string of the molecule is C=C(C)C(=O)c1ccc(OC(Oc2ccccc2)(C(Oc2ccccc2)Oc2ccccc2)C(Oc2ccccc2)(Oc2ccccc2)P(=O)(Oc2ccccc2)Oc2ccc(C(=O)C(=C)C)cc2)cc1. The van der Waals surface area contributed by atoms with Gasteiger partial charge in [-0.1, -0.05) is 122 Å². The van der Waals surface area contributed by atoms with E-state index in [0.717, 1.165) is 0 Å². The highest BCUT2D eigenvalue weighted by Gasteiger charge is 2.82. The Morgan fingerprint density at radius 2 is 0.648 bits per heavy atom. The molecule has 12 heteroatoms. The zero-order valence-corrected chi connectivity index (χ0v) is 39.8. The van der Waals surface area contributed by atoms with Crippen LogP contribution in [0.5, 0.6) is 46.0 Å². The van der Waals surface area contributed by atoms with E-state index in [-0.39, 0.29) is 57.6 Å². The van der Waals surface area contributed by atoms with Gasteiger partial charge < -0.3 is 37.5 Å². The number of hydrogen-bond acceptors (Lipinski definition) is 11. The van der Waals surface area contributed by atoms with Gasteiger partial charge in [0.25, 0.3) is 0 Å². The molecule has 0 N–H and O–H groups in total. The molecule has 0 fully saturated rings. The van der Waals surface area contributed by atoms with Crippen LogP contribution < -0.4 is 37.5 Å². The average molecular weight is 965 g/mol. The molecule has 0 aliphatic heterocycles. The molecular formula is C59H49O11P. The van der Waals surface area contributed by atoms with Gasteiger partial charge in [-0.15, -0.1) is 0 Å². The Labute approximate surface area is 412 Å². The molecule has 8 rings (SSSR count). The summed E-state index contributed by atoms with van der Waals surface area (Å²) in [5, 5.41) is 0. The number of benzene rings is 8. The summed E-state index contributed by atoms with van der Waals surface area (Å²) < 4.78 is 74.6. The van der Waals surface area contributed by atoms with Gasteiger partial charge in [0.2, 0.25) is 0 Å². The van der Waals surface area contributed by atoms with Crippen LogP contribution in [-0.4, -0.2) is 29.2 Å². The second-order valence-corrected chi connectivity index (χ2v) is 18.0. The lowest BCUT2D eigenvalue weighted by atomic mass is 10.1. The number of hydrogen-bond donors (Lipinski definition) is 0. The molecule has 0 heterocycles. The highest BCUT2D eigenvalue weighted by molar-refractivity contribution is 7.56. The lowest BCUT2D eigenvalue weighted by Crippen LogP contribution is -2.75. The van der Waals surface area contributed by atoms with Gasteiger partial charge in [0.05, 0.1) is 0 Å². The normalized spacial score (nSPS) is 12.7. The van der Waals surface area contributed by atoms with E-state index >= 15 is 4.57 Å². The van der Waals surface area contributed by atoms with Crippen LogP contribution in [-0.2, 0) is 4.57 Å². The van der Waals surface area contributed by atoms with Crippen molar-refractivity contribution in [3.63, 3.8) is 0 Å². The van der Waals surface area contributed by atoms with Gasteiger partial charge >= 0.3 is 25.2 Å². The first-order valence-corrected chi connectivity index (χ1v) is 24.0. The molecule has 0 aliphatic rings. The maximum Gasteiger partial charge on any atom is 0.525 e. The van der Waals surface area contributed by atoms with E-state index in [1.165, 1.54) is 36.4 Å². The van der Waals surface area contributed by atoms with Gasteiger partial charge in [0.1, 0.15) is 46.0 Å². The molecule has 0 aliphatic carbocycles. The quantitative estimate of drug-likeness (QED) is 0.0263. The van der Waals surface area contributed by atoms with E-state index in [9.17, 15) is 9.59 Å². The lowest BCUT2D eigenvalue weighted by molar-refractivity contribution is -0.332. The van der Waals surface area contributed by atoms with Crippen molar-refractivity contribution in [1.29, 1.82) is 0 Å². The van der Waals surface area contributed by atoms with Crippen LogP contribution in [0, 0.1) is 0 Å². The second-order valence-electron chi connectivity index (χ2n) is 16.1. The summed E-state index contributed by atoms with van der Waals surface area (Å²) in [5.41, 5.74) is -1.89. The fourth-order valence-electron chi connectivity index (χ4n) is 7.15. The van der Waals surface area contributed by atoms with Crippen molar-refractivity contribution in [3.05, 3.63) is 266 Å². The summed E-state index contributed by atoms with van der Waals surface area (Å²) in [6.07, 6.45) is -1.94. The van der Waals surface area contributed by atoms with Crippen molar-refractivity contribution < 1.29 is 51.6 Å². The number of carbonyl (C=O) groups is 2. The summed E-state index contributed by atoms with van der Waals surface area (Å²) in [7, 11) is -5.51. The number of para-hydroxylation sites is 6. The minimum Gasteiger partial charge on any atom is -0.447 e. The third-order valence-electron chi connectivity index (χ3n) is 10.6. The minimum atomic E-state index is -5.51. The Morgan fingerprint density at radius 3 is 0.986 bits per heavy atom. The van der Waals surface area contributed by atoms with Crippen molar-refractivity contribution in [2.75, 3.05) is 0 Å². The maximum atomic E-state index is 17.7. The predicted molar refractivity (Wildman–Crippen MR) is 272 cm³/mol. The molecule has 0 aromatic heterocycles. The van der Waals surface area contributed by atoms with Crippen LogP contribution in [0.3, 0.4) is 0 Å². The average Bonchev–Trinajstić information content (AvgIpc) is 3.39. The summed E-state index contributed by atoms with van der Waals surface area (Å²) in [5.74, 6) is -2.79. The third kappa shape index (κ3) is 11.4. The molecule has 2 unspecified atom stereocenters. The summed E-state index contributed by atoms with van der Waals surface area (Å²) in [4.78, 5) is 26.4. The molecule has 0 saturated carbocycles. The maximum absolute atomic E-state index is 17.7. The smallest absolute Gasteiger partial charge is 0.447 e. The van der Waals surface area contributed by atoms with Gasteiger partial charge in [-0.05, 0) is 146 Å². The molecule has 0 spiro atoms. The second kappa shape index (κ2) is 22.1. The van der Waals surface area contributed by atoms with Crippen molar-refractivity contribution in [1.82, 2.24) is 0 Å². The van der Waals surface area contributed by atoms with Crippen LogP contribution in [0.25, 0.3) is 0 Å². The molecular weight excluding hydrogens is 916 g/mol. The van der Waals surface area contributed by atoms with Crippen molar-refractivity contribution in [2.24, 2.45) is 0 Å². The van der Waals surface area contributed by atoms with Gasteiger partial charge in [0.15, 0.2) is 11.6 Å². The number of Topliss-reactive ketones (excluding diaryl/α,β-unsaturated/α-hetero) is 2. The van der Waals surface area contributed by atoms with Crippen molar-refractivity contribution >= 4 is 19.2 Å². The Morgan fingerprint density at radius 1 is 0.380 bits per heavy atom. The topological polar surface area (TPSA) is 125 Å². The van der Waals surface area contributed by atoms with Crippen LogP contribution in [0.1, 0.15) is 34.6 Å². The van der Waals surface area contributed by atoms with Gasteiger partial charge in [-0.2, -0.15) is 0 Å². The summed E-state index contributed by atoms with van der Waals surface area (Å²) >= 11 is 0. The molecule has 2 atom stereocenters. The summed E-state index contributed by atoms with van der Waals surface area (Å²) in [6, 6.07) is 63.2. The van der Waals surface area contributed by atoms with Gasteiger partial charge in [-0.25, -0.2) is 4.57 Å². The van der Waals surface area contributed by atoms with Crippen molar-refractivity contribution in [2.45, 2.75) is 31.5 Å². The van der Waals surface area contributed by atoms with Crippen LogP contribution in [0.4, 0.5) is 0 Å². The number of carbonyl (C=O) groups excluding carboxylic acids is 2. The molecule has 0 radical (unpaired) electrons. The molecule has 356 valence electrons. The third-order valence-corrected chi connectivity index (χ3v) is 12.7. The van der Waals surface area contributed by atoms with E-state index in [0.29, 0.717) is 22.3 Å². The molecule has 0 saturated heterocycles. The Kier molecular flexibility index (Phi) is 15.1. The fraction of sp³-hybridized carbons (Fsp3) is 0.0847. The van der Waals surface area contributed by atoms with E-state index in [2.05, 4.69) is 13.2 Å². The Balaban J connectivity index is 1.54. The summed E-state index contributed by atoms with van der Waals surface area (Å²) in [6.45, 7) is 10.9. The highest BCUT2D eigenvalue weighted by atomic mass is 31.2. The largest absolute Gasteiger partial charge is 0.525 e. The zero-order valence-electron chi connectivity index (χ0n) is 38.9. The van der Waals surface area contributed by atoms with Crippen molar-refractivity contribution in [3.8, 4) is 46.0 Å². The molecule has 11 nitrogen and oxygen atoms in total. The van der Waals surface area contributed by atoms with Gasteiger partial charge in [-0.3, -0.25) is 9.59 Å². The minimum absolute atomic E-state index is 0.0177. The fourth-order valence-corrected chi connectivity index (χ4v) is 9.24. The van der Waals surface area contributed by atoms with E-state index < -0.39 is 25.2 Å². The van der Waals surface area contributed by atoms with Crippen LogP contribution >= 0.6 is 7.60 Å². The molecule has 0 amide bonds. The van der Waals surface area contributed by atoms with Crippen LogP contribution in [0.15, 0.2) is 255 Å². The Bertz CT molecular complexity index is 3000. The first-order valence-electron chi connectivity index (χ1n) is 22.5. The number of rotatable bonds is 23. The number of ketones is 2. The number of allylic oxidation sites excluding steroid dienone is 2. The van der Waals surface area contributed by atoms with Crippen LogP contribution in [0.2, 0.25) is 0 Å². The highest BCUT2D eigenvalue weighted by Crippen LogP contribution is 2.66. The molecule has 0 bridgehead atoms. The first kappa shape index (κ1) is 48.7. The standard InChI is InChI=1S/C59H49O11P/c1-43(2)55(60)45-35-39-52(40-36-45)66-58(65-49-27-15-7-16-28-49,57(63-47-23-11-5-12-24-47)64-48-25-13-6-14-26-48)59(67-50-29-17-8-18-30-50,68-51-31-19-9-20-32-51)71(62,69-53-33-21-10-22-34-53)70-54-41-37-46(38-42-54)56(61)44(3)4/h5-42,57H,1,3H2,2,4H3. The van der Waals surface area contributed by atoms with E-state index in [1.54, 1.807) is 196 Å².